The highest BCUT2D eigenvalue weighted by atomic mass is 16.5. The van der Waals surface area contributed by atoms with E-state index in [0.717, 1.165) is 24.8 Å². The fourth-order valence-corrected chi connectivity index (χ4v) is 2.27. The number of hydrogen-bond acceptors (Lipinski definition) is 2. The fourth-order valence-electron chi connectivity index (χ4n) is 2.27. The Kier molecular flexibility index (Phi) is 4.39. The average molecular weight is 257 g/mol. The summed E-state index contributed by atoms with van der Waals surface area (Å²) in [5, 5.41) is 2.97. The van der Waals surface area contributed by atoms with Crippen LogP contribution < -0.4 is 5.32 Å². The Morgan fingerprint density at radius 1 is 1.32 bits per heavy atom. The third-order valence-corrected chi connectivity index (χ3v) is 3.30. The largest absolute Gasteiger partial charge is 0.445 e. The normalized spacial score (nSPS) is 16.0. The van der Waals surface area contributed by atoms with E-state index in [4.69, 9.17) is 4.74 Å². The molecule has 1 aromatic carbocycles. The van der Waals surface area contributed by atoms with E-state index in [1.807, 2.05) is 36.4 Å². The van der Waals surface area contributed by atoms with Crippen molar-refractivity contribution in [3.63, 3.8) is 0 Å². The molecule has 0 unspecified atom stereocenters. The second-order valence-electron chi connectivity index (χ2n) is 4.84. The van der Waals surface area contributed by atoms with E-state index >= 15 is 0 Å². The summed E-state index contributed by atoms with van der Waals surface area (Å²) in [5.74, 6) is 0. The topological polar surface area (TPSA) is 38.3 Å². The van der Waals surface area contributed by atoms with E-state index in [2.05, 4.69) is 24.0 Å². The molecule has 1 amide bonds. The predicted molar refractivity (Wildman–Crippen MR) is 75.7 cm³/mol. The molecular weight excluding hydrogens is 238 g/mol. The summed E-state index contributed by atoms with van der Waals surface area (Å²) in [5.41, 5.74) is 0.746. The van der Waals surface area contributed by atoms with Crippen molar-refractivity contribution in [2.45, 2.75) is 31.4 Å². The first-order valence-electron chi connectivity index (χ1n) is 6.49. The van der Waals surface area contributed by atoms with Gasteiger partial charge in [-0.2, -0.15) is 0 Å². The number of amides is 1. The molecule has 1 aliphatic rings. The smallest absolute Gasteiger partial charge is 0.407 e. The van der Waals surface area contributed by atoms with Crippen LogP contribution in [0, 0.1) is 0 Å². The van der Waals surface area contributed by atoms with Crippen molar-refractivity contribution in [3.8, 4) is 0 Å². The number of benzene rings is 1. The first-order chi connectivity index (χ1) is 9.24. The molecule has 1 N–H and O–H groups in total. The Labute approximate surface area is 114 Å². The van der Waals surface area contributed by atoms with Gasteiger partial charge >= 0.3 is 6.09 Å². The molecule has 1 aromatic rings. The molecule has 0 aliphatic heterocycles. The lowest BCUT2D eigenvalue weighted by Crippen LogP contribution is -2.46. The number of ether oxygens (including phenoxy) is 1. The first-order valence-corrected chi connectivity index (χ1v) is 6.49. The van der Waals surface area contributed by atoms with Crippen molar-refractivity contribution in [1.82, 2.24) is 5.32 Å². The standard InChI is InChI=1S/C16H19NO2/c1-2-10-16(11-6-7-12-16)17-15(18)19-13-14-8-4-3-5-9-14/h2-9H,1,10-13H2,(H,17,18). The molecule has 1 aliphatic carbocycles. The van der Waals surface area contributed by atoms with Gasteiger partial charge in [0, 0.05) is 0 Å². The SMILES string of the molecule is C=CCC1(NC(=O)OCc2ccccc2)CC=CC1. The maximum Gasteiger partial charge on any atom is 0.407 e. The third-order valence-electron chi connectivity index (χ3n) is 3.30. The van der Waals surface area contributed by atoms with E-state index in [1.54, 1.807) is 0 Å². The van der Waals surface area contributed by atoms with Gasteiger partial charge in [0.05, 0.1) is 5.54 Å². The number of rotatable bonds is 5. The molecule has 0 fully saturated rings. The van der Waals surface area contributed by atoms with E-state index in [9.17, 15) is 4.79 Å². The maximum absolute atomic E-state index is 11.9. The molecule has 0 atom stereocenters. The molecule has 0 aromatic heterocycles. The molecule has 2 rings (SSSR count). The highest BCUT2D eigenvalue weighted by Crippen LogP contribution is 2.27. The number of carbonyl (C=O) groups is 1. The minimum absolute atomic E-state index is 0.241. The molecule has 3 heteroatoms. The summed E-state index contributed by atoms with van der Waals surface area (Å²) in [4.78, 5) is 11.9. The Hall–Kier alpha value is -2.03. The van der Waals surface area contributed by atoms with Crippen LogP contribution in [0.3, 0.4) is 0 Å². The van der Waals surface area contributed by atoms with Gasteiger partial charge in [0.1, 0.15) is 6.61 Å². The molecule has 0 saturated carbocycles. The minimum atomic E-state index is -0.366. The monoisotopic (exact) mass is 257 g/mol. The summed E-state index contributed by atoms with van der Waals surface area (Å²) >= 11 is 0. The van der Waals surface area contributed by atoms with Crippen molar-refractivity contribution in [2.75, 3.05) is 0 Å². The second-order valence-corrected chi connectivity index (χ2v) is 4.84. The van der Waals surface area contributed by atoms with Crippen LogP contribution in [-0.2, 0) is 11.3 Å². The van der Waals surface area contributed by atoms with Gasteiger partial charge < -0.3 is 10.1 Å². The summed E-state index contributed by atoms with van der Waals surface area (Å²) in [7, 11) is 0. The predicted octanol–water partition coefficient (Wildman–Crippen LogP) is 3.58. The lowest BCUT2D eigenvalue weighted by molar-refractivity contribution is 0.127. The van der Waals surface area contributed by atoms with Crippen molar-refractivity contribution < 1.29 is 9.53 Å². The molecular formula is C16H19NO2. The zero-order chi connectivity index (χ0) is 13.6. The highest BCUT2D eigenvalue weighted by Gasteiger charge is 2.31. The zero-order valence-corrected chi connectivity index (χ0v) is 11.0. The molecule has 0 radical (unpaired) electrons. The lowest BCUT2D eigenvalue weighted by Gasteiger charge is -2.28. The van der Waals surface area contributed by atoms with Gasteiger partial charge in [-0.1, -0.05) is 48.6 Å². The van der Waals surface area contributed by atoms with Gasteiger partial charge in [-0.15, -0.1) is 6.58 Å². The molecule has 3 nitrogen and oxygen atoms in total. The van der Waals surface area contributed by atoms with Gasteiger partial charge in [0.2, 0.25) is 0 Å². The zero-order valence-electron chi connectivity index (χ0n) is 11.0. The van der Waals surface area contributed by atoms with Gasteiger partial charge in [-0.05, 0) is 24.8 Å². The fraction of sp³-hybridized carbons (Fsp3) is 0.312. The number of hydrogen-bond donors (Lipinski definition) is 1. The number of alkyl carbamates (subject to hydrolysis) is 1. The Morgan fingerprint density at radius 3 is 2.63 bits per heavy atom. The van der Waals surface area contributed by atoms with Gasteiger partial charge in [0.25, 0.3) is 0 Å². The van der Waals surface area contributed by atoms with Crippen molar-refractivity contribution in [2.24, 2.45) is 0 Å². The third kappa shape index (κ3) is 3.71. The second kappa shape index (κ2) is 6.23. The highest BCUT2D eigenvalue weighted by molar-refractivity contribution is 5.68. The van der Waals surface area contributed by atoms with E-state index < -0.39 is 0 Å². The molecule has 0 spiro atoms. The molecule has 0 saturated heterocycles. The van der Waals surface area contributed by atoms with Gasteiger partial charge in [-0.25, -0.2) is 4.79 Å². The Balaban J connectivity index is 1.85. The van der Waals surface area contributed by atoms with Crippen LogP contribution in [0.1, 0.15) is 24.8 Å². The Morgan fingerprint density at radius 2 is 2.00 bits per heavy atom. The van der Waals surface area contributed by atoms with Crippen molar-refractivity contribution in [1.29, 1.82) is 0 Å². The maximum atomic E-state index is 11.9. The van der Waals surface area contributed by atoms with Crippen LogP contribution in [0.25, 0.3) is 0 Å². The minimum Gasteiger partial charge on any atom is -0.445 e. The van der Waals surface area contributed by atoms with Gasteiger partial charge in [-0.3, -0.25) is 0 Å². The van der Waals surface area contributed by atoms with Crippen molar-refractivity contribution in [3.05, 3.63) is 60.7 Å². The molecule has 19 heavy (non-hydrogen) atoms. The lowest BCUT2D eigenvalue weighted by atomic mass is 9.93. The molecule has 0 heterocycles. The van der Waals surface area contributed by atoms with Crippen molar-refractivity contribution >= 4 is 6.09 Å². The van der Waals surface area contributed by atoms with Gasteiger partial charge in [0.15, 0.2) is 0 Å². The average Bonchev–Trinajstić information content (AvgIpc) is 2.86. The number of carbonyl (C=O) groups excluding carboxylic acids is 1. The van der Waals surface area contributed by atoms with Crippen LogP contribution in [-0.4, -0.2) is 11.6 Å². The number of nitrogens with one attached hydrogen (secondary N) is 1. The van der Waals surface area contributed by atoms with E-state index in [-0.39, 0.29) is 11.6 Å². The molecule has 100 valence electrons. The molecule has 0 bridgehead atoms. The van der Waals surface area contributed by atoms with E-state index in [1.165, 1.54) is 0 Å². The Bertz CT molecular complexity index is 457. The quantitative estimate of drug-likeness (QED) is 0.819. The van der Waals surface area contributed by atoms with Crippen LogP contribution in [0.4, 0.5) is 4.79 Å². The summed E-state index contributed by atoms with van der Waals surface area (Å²) in [6, 6.07) is 9.66. The van der Waals surface area contributed by atoms with Crippen LogP contribution in [0.2, 0.25) is 0 Å². The van der Waals surface area contributed by atoms with Crippen LogP contribution in [0.15, 0.2) is 55.1 Å². The summed E-state index contributed by atoms with van der Waals surface area (Å²) in [6.07, 6.45) is 8.06. The van der Waals surface area contributed by atoms with Crippen LogP contribution >= 0.6 is 0 Å². The van der Waals surface area contributed by atoms with E-state index in [0.29, 0.717) is 6.61 Å². The summed E-state index contributed by atoms with van der Waals surface area (Å²) in [6.45, 7) is 4.05. The van der Waals surface area contributed by atoms with Crippen LogP contribution in [0.5, 0.6) is 0 Å². The summed E-state index contributed by atoms with van der Waals surface area (Å²) < 4.78 is 5.25. The first kappa shape index (κ1) is 13.4.